The van der Waals surface area contributed by atoms with Crippen LogP contribution in [0.1, 0.15) is 24.9 Å². The monoisotopic (exact) mass is 250 g/mol. The van der Waals surface area contributed by atoms with Crippen LogP contribution in [0.5, 0.6) is 0 Å². The van der Waals surface area contributed by atoms with Crippen molar-refractivity contribution in [3.8, 4) is 0 Å². The minimum atomic E-state index is -0.911. The average Bonchev–Trinajstić information content (AvgIpc) is 2.39. The molecule has 5 heteroatoms. The van der Waals surface area contributed by atoms with Gasteiger partial charge in [0, 0.05) is 6.54 Å². The highest BCUT2D eigenvalue weighted by Gasteiger charge is 2.19. The molecule has 0 aromatic heterocycles. The van der Waals surface area contributed by atoms with E-state index in [1.807, 2.05) is 6.07 Å². The number of hydrogen-bond donors (Lipinski definition) is 3. The first-order chi connectivity index (χ1) is 8.56. The van der Waals surface area contributed by atoms with Crippen LogP contribution in [0.3, 0.4) is 0 Å². The van der Waals surface area contributed by atoms with Gasteiger partial charge in [-0.05, 0) is 12.0 Å². The lowest BCUT2D eigenvalue weighted by Crippen LogP contribution is -2.38. The third-order valence-corrected chi connectivity index (χ3v) is 2.81. The number of nitrogens with two attached hydrogens (primary N) is 1. The molecule has 0 saturated carbocycles. The van der Waals surface area contributed by atoms with E-state index in [2.05, 4.69) is 5.32 Å². The van der Waals surface area contributed by atoms with Crippen molar-refractivity contribution >= 4 is 11.9 Å². The molecule has 0 radical (unpaired) electrons. The third-order valence-electron chi connectivity index (χ3n) is 2.81. The Bertz CT molecular complexity index is 406. The van der Waals surface area contributed by atoms with Gasteiger partial charge in [-0.3, -0.25) is 9.59 Å². The lowest BCUT2D eigenvalue weighted by Gasteiger charge is -2.15. The third kappa shape index (κ3) is 3.85. The Balaban J connectivity index is 2.53. The van der Waals surface area contributed by atoms with Crippen molar-refractivity contribution in [1.82, 2.24) is 5.32 Å². The van der Waals surface area contributed by atoms with E-state index in [0.717, 1.165) is 0 Å². The molecular weight excluding hydrogens is 232 g/mol. The molecule has 0 aliphatic carbocycles. The van der Waals surface area contributed by atoms with Crippen LogP contribution in [0.2, 0.25) is 0 Å². The molecule has 1 aromatic rings. The van der Waals surface area contributed by atoms with Gasteiger partial charge in [-0.2, -0.15) is 0 Å². The molecule has 0 saturated heterocycles. The van der Waals surface area contributed by atoms with Gasteiger partial charge in [0.15, 0.2) is 0 Å². The van der Waals surface area contributed by atoms with E-state index in [0.29, 0.717) is 12.0 Å². The van der Waals surface area contributed by atoms with Crippen molar-refractivity contribution in [3.63, 3.8) is 0 Å². The van der Waals surface area contributed by atoms with Crippen LogP contribution >= 0.6 is 0 Å². The molecule has 0 heterocycles. The van der Waals surface area contributed by atoms with Gasteiger partial charge in [0.25, 0.3) is 0 Å². The second kappa shape index (κ2) is 6.76. The molecule has 4 N–H and O–H groups in total. The van der Waals surface area contributed by atoms with Gasteiger partial charge in [-0.15, -0.1) is 0 Å². The van der Waals surface area contributed by atoms with Gasteiger partial charge < -0.3 is 16.2 Å². The fraction of sp³-hybridized carbons (Fsp3) is 0.385. The van der Waals surface area contributed by atoms with E-state index >= 15 is 0 Å². The van der Waals surface area contributed by atoms with E-state index in [9.17, 15) is 9.59 Å². The van der Waals surface area contributed by atoms with Crippen LogP contribution < -0.4 is 11.1 Å². The van der Waals surface area contributed by atoms with Crippen LogP contribution in [0.15, 0.2) is 30.3 Å². The lowest BCUT2D eigenvalue weighted by atomic mass is 10.1. The zero-order valence-corrected chi connectivity index (χ0v) is 10.3. The topological polar surface area (TPSA) is 92.4 Å². The molecule has 2 unspecified atom stereocenters. The number of carbonyl (C=O) groups is 2. The highest BCUT2D eigenvalue weighted by molar-refractivity contribution is 5.83. The van der Waals surface area contributed by atoms with Crippen molar-refractivity contribution in [2.75, 3.05) is 6.54 Å². The molecule has 1 amide bonds. The van der Waals surface area contributed by atoms with E-state index in [1.165, 1.54) is 0 Å². The number of nitrogens with one attached hydrogen (secondary N) is 1. The quantitative estimate of drug-likeness (QED) is 0.699. The molecule has 5 nitrogen and oxygen atoms in total. The summed E-state index contributed by atoms with van der Waals surface area (Å²) in [6, 6.07) is 8.20. The minimum Gasteiger partial charge on any atom is -0.481 e. The van der Waals surface area contributed by atoms with Crippen LogP contribution in [-0.4, -0.2) is 23.5 Å². The summed E-state index contributed by atoms with van der Waals surface area (Å²) in [7, 11) is 0. The Morgan fingerprint density at radius 2 is 1.94 bits per heavy atom. The maximum Gasteiger partial charge on any atom is 0.308 e. The number of carboxylic acid groups (broad SMARTS) is 1. The predicted octanol–water partition coefficient (Wildman–Crippen LogP) is 0.913. The molecule has 0 aliphatic rings. The Morgan fingerprint density at radius 1 is 1.33 bits per heavy atom. The first-order valence-electron chi connectivity index (χ1n) is 5.87. The Kier molecular flexibility index (Phi) is 5.32. The first kappa shape index (κ1) is 14.2. The van der Waals surface area contributed by atoms with Crippen LogP contribution in [0, 0.1) is 5.92 Å². The highest BCUT2D eigenvalue weighted by atomic mass is 16.4. The van der Waals surface area contributed by atoms with E-state index < -0.39 is 17.9 Å². The summed E-state index contributed by atoms with van der Waals surface area (Å²) in [6.07, 6.45) is 0.468. The van der Waals surface area contributed by atoms with Crippen LogP contribution in [0.4, 0.5) is 0 Å². The molecule has 18 heavy (non-hydrogen) atoms. The normalized spacial score (nSPS) is 13.7. The molecule has 0 bridgehead atoms. The van der Waals surface area contributed by atoms with Crippen molar-refractivity contribution in [1.29, 1.82) is 0 Å². The summed E-state index contributed by atoms with van der Waals surface area (Å²) in [5.74, 6) is -1.84. The minimum absolute atomic E-state index is 0.102. The summed E-state index contributed by atoms with van der Waals surface area (Å²) < 4.78 is 0. The summed E-state index contributed by atoms with van der Waals surface area (Å²) in [5, 5.41) is 11.4. The Hall–Kier alpha value is -1.88. The smallest absolute Gasteiger partial charge is 0.308 e. The molecule has 1 rings (SSSR count). The first-order valence-corrected chi connectivity index (χ1v) is 5.87. The number of carbonyl (C=O) groups excluding carboxylic acids is 1. The Labute approximate surface area is 106 Å². The van der Waals surface area contributed by atoms with Crippen molar-refractivity contribution < 1.29 is 14.7 Å². The number of rotatable bonds is 6. The maximum absolute atomic E-state index is 11.8. The summed E-state index contributed by atoms with van der Waals surface area (Å²) in [5.41, 5.74) is 6.49. The summed E-state index contributed by atoms with van der Waals surface area (Å²) in [6.45, 7) is 1.87. The van der Waals surface area contributed by atoms with E-state index in [-0.39, 0.29) is 12.5 Å². The number of benzene rings is 1. The molecule has 0 aliphatic heterocycles. The van der Waals surface area contributed by atoms with Crippen LogP contribution in [-0.2, 0) is 9.59 Å². The summed E-state index contributed by atoms with van der Waals surface area (Å²) in [4.78, 5) is 22.6. The molecule has 0 fully saturated rings. The zero-order valence-electron chi connectivity index (χ0n) is 10.3. The van der Waals surface area contributed by atoms with Crippen molar-refractivity contribution in [2.45, 2.75) is 19.4 Å². The molecule has 1 aromatic carbocycles. The van der Waals surface area contributed by atoms with Crippen molar-refractivity contribution in [2.24, 2.45) is 11.7 Å². The SMILES string of the molecule is CCC(CNC(=O)C(N)c1ccccc1)C(=O)O. The van der Waals surface area contributed by atoms with Gasteiger partial charge in [-0.1, -0.05) is 37.3 Å². The fourth-order valence-electron chi connectivity index (χ4n) is 1.55. The number of carboxylic acids is 1. The zero-order chi connectivity index (χ0) is 13.5. The van der Waals surface area contributed by atoms with E-state index in [1.54, 1.807) is 31.2 Å². The molecular formula is C13H18N2O3. The van der Waals surface area contributed by atoms with Gasteiger partial charge >= 0.3 is 5.97 Å². The van der Waals surface area contributed by atoms with Gasteiger partial charge in [0.2, 0.25) is 5.91 Å². The second-order valence-electron chi connectivity index (χ2n) is 4.08. The van der Waals surface area contributed by atoms with Gasteiger partial charge in [0.05, 0.1) is 5.92 Å². The second-order valence-corrected chi connectivity index (χ2v) is 4.08. The molecule has 0 spiro atoms. The number of aliphatic carboxylic acids is 1. The predicted molar refractivity (Wildman–Crippen MR) is 67.8 cm³/mol. The average molecular weight is 250 g/mol. The Morgan fingerprint density at radius 3 is 2.44 bits per heavy atom. The number of amides is 1. The molecule has 98 valence electrons. The lowest BCUT2D eigenvalue weighted by molar-refractivity contribution is -0.141. The standard InChI is InChI=1S/C13H18N2O3/c1-2-9(13(17)18)8-15-12(16)11(14)10-6-4-3-5-7-10/h3-7,9,11H,2,8,14H2,1H3,(H,15,16)(H,17,18). The fourth-order valence-corrected chi connectivity index (χ4v) is 1.55. The number of hydrogen-bond acceptors (Lipinski definition) is 3. The summed E-state index contributed by atoms with van der Waals surface area (Å²) >= 11 is 0. The van der Waals surface area contributed by atoms with Crippen molar-refractivity contribution in [3.05, 3.63) is 35.9 Å². The largest absolute Gasteiger partial charge is 0.481 e. The van der Waals surface area contributed by atoms with E-state index in [4.69, 9.17) is 10.8 Å². The van der Waals surface area contributed by atoms with Gasteiger partial charge in [-0.25, -0.2) is 0 Å². The highest BCUT2D eigenvalue weighted by Crippen LogP contribution is 2.09. The molecule has 2 atom stereocenters. The van der Waals surface area contributed by atoms with Gasteiger partial charge in [0.1, 0.15) is 6.04 Å². The van der Waals surface area contributed by atoms with Crippen LogP contribution in [0.25, 0.3) is 0 Å². The maximum atomic E-state index is 11.8.